The molecule has 1 aromatic rings. The van der Waals surface area contributed by atoms with Gasteiger partial charge in [0.1, 0.15) is 5.82 Å². The van der Waals surface area contributed by atoms with Crippen LogP contribution in [-0.4, -0.2) is 54.7 Å². The zero-order valence-corrected chi connectivity index (χ0v) is 19.1. The van der Waals surface area contributed by atoms with Gasteiger partial charge in [-0.3, -0.25) is 4.99 Å². The fourth-order valence-corrected chi connectivity index (χ4v) is 4.16. The van der Waals surface area contributed by atoms with Crippen molar-refractivity contribution in [3.8, 4) is 0 Å². The predicted molar refractivity (Wildman–Crippen MR) is 123 cm³/mol. The molecule has 2 atom stereocenters. The molecular formula is C21H34FIN4O. The van der Waals surface area contributed by atoms with Crippen molar-refractivity contribution in [1.82, 2.24) is 15.5 Å². The summed E-state index contributed by atoms with van der Waals surface area (Å²) < 4.78 is 13.0. The van der Waals surface area contributed by atoms with Crippen LogP contribution in [0, 0.1) is 11.7 Å². The van der Waals surface area contributed by atoms with Crippen LogP contribution in [0.15, 0.2) is 29.3 Å². The molecular weight excluding hydrogens is 470 g/mol. The second-order valence-corrected chi connectivity index (χ2v) is 7.83. The van der Waals surface area contributed by atoms with Gasteiger partial charge >= 0.3 is 0 Å². The highest BCUT2D eigenvalue weighted by atomic mass is 127. The minimum Gasteiger partial charge on any atom is -0.386 e. The van der Waals surface area contributed by atoms with Gasteiger partial charge in [-0.15, -0.1) is 24.0 Å². The first kappa shape index (κ1) is 23.3. The van der Waals surface area contributed by atoms with Crippen LogP contribution in [0.3, 0.4) is 0 Å². The van der Waals surface area contributed by atoms with Crippen LogP contribution in [0.5, 0.6) is 0 Å². The molecule has 1 saturated heterocycles. The maximum Gasteiger partial charge on any atom is 0.191 e. The standard InChI is InChI=1S/C21H33FN4O.HI/c1-2-23-21(24-13-20(27)17-7-9-18(22)10-8-17)25-19-11-12-26(15-19)14-16-5-3-4-6-16;/h7-10,16,19-20,27H,2-6,11-15H2,1H3,(H2,23,24,25);1H. The molecule has 3 N–H and O–H groups in total. The van der Waals surface area contributed by atoms with Gasteiger partial charge in [-0.25, -0.2) is 4.39 Å². The average Bonchev–Trinajstić information content (AvgIpc) is 3.33. The van der Waals surface area contributed by atoms with E-state index in [4.69, 9.17) is 0 Å². The van der Waals surface area contributed by atoms with Crippen LogP contribution < -0.4 is 10.6 Å². The number of likely N-dealkylation sites (tertiary alicyclic amines) is 1. The van der Waals surface area contributed by atoms with E-state index in [-0.39, 0.29) is 36.3 Å². The van der Waals surface area contributed by atoms with Gasteiger partial charge in [0.25, 0.3) is 0 Å². The Morgan fingerprint density at radius 3 is 2.64 bits per heavy atom. The largest absolute Gasteiger partial charge is 0.386 e. The van der Waals surface area contributed by atoms with E-state index in [1.165, 1.54) is 44.4 Å². The summed E-state index contributed by atoms with van der Waals surface area (Å²) in [4.78, 5) is 7.11. The Morgan fingerprint density at radius 2 is 1.96 bits per heavy atom. The summed E-state index contributed by atoms with van der Waals surface area (Å²) in [6.45, 7) is 6.49. The zero-order valence-electron chi connectivity index (χ0n) is 16.7. The van der Waals surface area contributed by atoms with Gasteiger partial charge in [0.2, 0.25) is 0 Å². The van der Waals surface area contributed by atoms with Crippen molar-refractivity contribution in [2.24, 2.45) is 10.9 Å². The predicted octanol–water partition coefficient (Wildman–Crippen LogP) is 3.30. The molecule has 0 bridgehead atoms. The van der Waals surface area contributed by atoms with Crippen LogP contribution >= 0.6 is 24.0 Å². The molecule has 1 aliphatic carbocycles. The molecule has 158 valence electrons. The van der Waals surface area contributed by atoms with Crippen LogP contribution in [0.1, 0.15) is 50.7 Å². The number of hydrogen-bond acceptors (Lipinski definition) is 3. The number of halogens is 2. The van der Waals surface area contributed by atoms with Gasteiger partial charge in [-0.1, -0.05) is 25.0 Å². The number of hydrogen-bond donors (Lipinski definition) is 3. The molecule has 1 heterocycles. The fourth-order valence-electron chi connectivity index (χ4n) is 4.16. The topological polar surface area (TPSA) is 59.9 Å². The molecule has 2 fully saturated rings. The summed E-state index contributed by atoms with van der Waals surface area (Å²) in [5, 5.41) is 17.1. The van der Waals surface area contributed by atoms with E-state index in [2.05, 4.69) is 20.5 Å². The first-order chi connectivity index (χ1) is 13.1. The lowest BCUT2D eigenvalue weighted by atomic mass is 10.1. The molecule has 28 heavy (non-hydrogen) atoms. The lowest BCUT2D eigenvalue weighted by molar-refractivity contribution is 0.187. The number of nitrogens with zero attached hydrogens (tertiary/aromatic N) is 2. The molecule has 2 unspecified atom stereocenters. The SMILES string of the molecule is CCNC(=NCC(O)c1ccc(F)cc1)NC1CCN(CC2CCCC2)C1.I. The summed E-state index contributed by atoms with van der Waals surface area (Å²) in [6.07, 6.45) is 5.96. The number of aliphatic hydroxyl groups excluding tert-OH is 1. The summed E-state index contributed by atoms with van der Waals surface area (Å²) in [5.74, 6) is 1.33. The molecule has 0 spiro atoms. The number of guanidine groups is 1. The highest BCUT2D eigenvalue weighted by Crippen LogP contribution is 2.26. The zero-order chi connectivity index (χ0) is 19.1. The molecule has 5 nitrogen and oxygen atoms in total. The number of rotatable bonds is 7. The molecule has 0 aromatic heterocycles. The molecule has 1 saturated carbocycles. The van der Waals surface area contributed by atoms with Crippen molar-refractivity contribution < 1.29 is 9.50 Å². The average molecular weight is 504 g/mol. The monoisotopic (exact) mass is 504 g/mol. The molecule has 1 aromatic carbocycles. The second-order valence-electron chi connectivity index (χ2n) is 7.83. The van der Waals surface area contributed by atoms with Crippen LogP contribution in [0.2, 0.25) is 0 Å². The number of aliphatic imine (C=N–C) groups is 1. The maximum atomic E-state index is 13.0. The maximum absolute atomic E-state index is 13.0. The Bertz CT molecular complexity index is 607. The Balaban J connectivity index is 0.00000280. The lowest BCUT2D eigenvalue weighted by Gasteiger charge is -2.21. The fraction of sp³-hybridized carbons (Fsp3) is 0.667. The van der Waals surface area contributed by atoms with Gasteiger partial charge in [0.05, 0.1) is 12.6 Å². The first-order valence-corrected chi connectivity index (χ1v) is 10.3. The van der Waals surface area contributed by atoms with Crippen molar-refractivity contribution in [3.05, 3.63) is 35.6 Å². The van der Waals surface area contributed by atoms with Crippen molar-refractivity contribution in [2.45, 2.75) is 51.2 Å². The van der Waals surface area contributed by atoms with E-state index in [1.807, 2.05) is 6.92 Å². The van der Waals surface area contributed by atoms with Gasteiger partial charge in [0, 0.05) is 32.2 Å². The minimum absolute atomic E-state index is 0. The van der Waals surface area contributed by atoms with E-state index in [9.17, 15) is 9.50 Å². The second kappa shape index (κ2) is 11.9. The van der Waals surface area contributed by atoms with E-state index >= 15 is 0 Å². The summed E-state index contributed by atoms with van der Waals surface area (Å²) in [5.41, 5.74) is 0.680. The van der Waals surface area contributed by atoms with E-state index in [0.717, 1.165) is 37.9 Å². The van der Waals surface area contributed by atoms with Crippen molar-refractivity contribution in [3.63, 3.8) is 0 Å². The van der Waals surface area contributed by atoms with E-state index in [0.29, 0.717) is 11.6 Å². The highest BCUT2D eigenvalue weighted by Gasteiger charge is 2.26. The third-order valence-electron chi connectivity index (χ3n) is 5.63. The van der Waals surface area contributed by atoms with Gasteiger partial charge in [-0.05, 0) is 49.8 Å². The van der Waals surface area contributed by atoms with Crippen molar-refractivity contribution in [2.75, 3.05) is 32.7 Å². The summed E-state index contributed by atoms with van der Waals surface area (Å²) >= 11 is 0. The lowest BCUT2D eigenvalue weighted by Crippen LogP contribution is -2.45. The molecule has 0 radical (unpaired) electrons. The summed E-state index contributed by atoms with van der Waals surface area (Å²) in [7, 11) is 0. The Kier molecular flexibility index (Phi) is 9.94. The molecule has 0 amide bonds. The number of nitrogens with one attached hydrogen (secondary N) is 2. The first-order valence-electron chi connectivity index (χ1n) is 10.3. The van der Waals surface area contributed by atoms with Crippen LogP contribution in [0.25, 0.3) is 0 Å². The molecule has 2 aliphatic rings. The Morgan fingerprint density at radius 1 is 1.25 bits per heavy atom. The van der Waals surface area contributed by atoms with Gasteiger partial charge < -0.3 is 20.6 Å². The summed E-state index contributed by atoms with van der Waals surface area (Å²) in [6, 6.07) is 6.33. The Labute approximate surface area is 185 Å². The molecule has 3 rings (SSSR count). The molecule has 7 heteroatoms. The quantitative estimate of drug-likeness (QED) is 0.303. The van der Waals surface area contributed by atoms with Crippen LogP contribution in [0.4, 0.5) is 4.39 Å². The smallest absolute Gasteiger partial charge is 0.191 e. The van der Waals surface area contributed by atoms with Gasteiger partial charge in [-0.2, -0.15) is 0 Å². The normalized spacial score (nSPS) is 22.1. The van der Waals surface area contributed by atoms with E-state index in [1.54, 1.807) is 12.1 Å². The molecule has 1 aliphatic heterocycles. The van der Waals surface area contributed by atoms with Crippen molar-refractivity contribution >= 4 is 29.9 Å². The third-order valence-corrected chi connectivity index (χ3v) is 5.63. The highest BCUT2D eigenvalue weighted by molar-refractivity contribution is 14.0. The van der Waals surface area contributed by atoms with E-state index < -0.39 is 6.10 Å². The Hall–Kier alpha value is -0.930. The van der Waals surface area contributed by atoms with Crippen LogP contribution in [-0.2, 0) is 0 Å². The number of aliphatic hydroxyl groups is 1. The third kappa shape index (κ3) is 7.15. The van der Waals surface area contributed by atoms with Crippen molar-refractivity contribution in [1.29, 1.82) is 0 Å². The minimum atomic E-state index is -0.733. The number of benzene rings is 1. The van der Waals surface area contributed by atoms with Gasteiger partial charge in [0.15, 0.2) is 5.96 Å².